The summed E-state index contributed by atoms with van der Waals surface area (Å²) in [4.78, 5) is 39.4. The molecule has 0 unspecified atom stereocenters. The SMILES string of the molecule is Cc1csc2ccnc(N(C(=O)c3ccc(-n4nnc5cccnc54)cc3F)[C@@H]3CCCN(C(=O)OC(C)(C)C)C3)c12. The standard InChI is InChI=1S/C30H30FN7O3S/c1-18-17-42-24-11-13-33-27(25(18)24)37(20-7-6-14-36(16-20)29(40)41-30(2,3)4)28(39)21-10-9-19(15-22(21)31)38-26-23(34-35-38)8-5-12-32-26/h5,8-13,15,17,20H,6-7,14,16H2,1-4H3/t20-/m1/s1. The van der Waals surface area contributed by atoms with Gasteiger partial charge >= 0.3 is 6.09 Å². The van der Waals surface area contributed by atoms with Gasteiger partial charge in [-0.15, -0.1) is 16.4 Å². The number of ether oxygens (including phenoxy) is 1. The van der Waals surface area contributed by atoms with Gasteiger partial charge in [0.1, 0.15) is 22.8 Å². The Morgan fingerprint density at radius 2 is 1.98 bits per heavy atom. The molecule has 0 N–H and O–H groups in total. The number of anilines is 1. The first-order valence-corrected chi connectivity index (χ1v) is 14.6. The van der Waals surface area contributed by atoms with Crippen LogP contribution >= 0.6 is 11.3 Å². The van der Waals surface area contributed by atoms with Crippen LogP contribution in [0, 0.1) is 12.7 Å². The highest BCUT2D eigenvalue weighted by atomic mass is 32.1. The quantitative estimate of drug-likeness (QED) is 0.257. The van der Waals surface area contributed by atoms with E-state index in [1.807, 2.05) is 39.1 Å². The molecule has 0 aliphatic carbocycles. The summed E-state index contributed by atoms with van der Waals surface area (Å²) < 4.78 is 23.9. The van der Waals surface area contributed by atoms with E-state index in [4.69, 9.17) is 4.74 Å². The van der Waals surface area contributed by atoms with E-state index in [1.54, 1.807) is 51.7 Å². The number of piperidine rings is 1. The van der Waals surface area contributed by atoms with Crippen molar-refractivity contribution in [2.24, 2.45) is 0 Å². The van der Waals surface area contributed by atoms with Crippen LogP contribution in [0.3, 0.4) is 0 Å². The number of hydrogen-bond acceptors (Lipinski definition) is 8. The summed E-state index contributed by atoms with van der Waals surface area (Å²) in [6.45, 7) is 8.15. The molecule has 2 amide bonds. The highest BCUT2D eigenvalue weighted by Gasteiger charge is 2.36. The molecule has 0 spiro atoms. The first-order chi connectivity index (χ1) is 20.1. The number of rotatable bonds is 4. The fraction of sp³-hybridized carbons (Fsp3) is 0.333. The van der Waals surface area contributed by atoms with E-state index >= 15 is 4.39 Å². The van der Waals surface area contributed by atoms with Gasteiger partial charge in [0.05, 0.1) is 17.3 Å². The molecule has 5 heterocycles. The van der Waals surface area contributed by atoms with Gasteiger partial charge in [0.15, 0.2) is 5.65 Å². The zero-order valence-corrected chi connectivity index (χ0v) is 24.6. The molecule has 1 saturated heterocycles. The number of aryl methyl sites for hydroxylation is 1. The number of pyridine rings is 2. The Balaban J connectivity index is 1.40. The molecule has 12 heteroatoms. The number of amides is 2. The van der Waals surface area contributed by atoms with Gasteiger partial charge in [-0.05, 0) is 81.8 Å². The van der Waals surface area contributed by atoms with Crippen molar-refractivity contribution >= 4 is 50.4 Å². The number of carbonyl (C=O) groups excluding carboxylic acids is 2. The number of halogens is 1. The van der Waals surface area contributed by atoms with E-state index in [-0.39, 0.29) is 12.1 Å². The summed E-state index contributed by atoms with van der Waals surface area (Å²) in [6, 6.07) is 9.30. The lowest BCUT2D eigenvalue weighted by atomic mass is 10.0. The average Bonchev–Trinajstić information content (AvgIpc) is 3.56. The third kappa shape index (κ3) is 5.18. The molecule has 1 aliphatic rings. The lowest BCUT2D eigenvalue weighted by Crippen LogP contribution is -2.53. The highest BCUT2D eigenvalue weighted by Crippen LogP contribution is 2.36. The number of fused-ring (bicyclic) bond motifs is 2. The maximum atomic E-state index is 15.8. The van der Waals surface area contributed by atoms with Crippen molar-refractivity contribution < 1.29 is 18.7 Å². The van der Waals surface area contributed by atoms with Crippen LogP contribution in [-0.4, -0.2) is 66.6 Å². The summed E-state index contributed by atoms with van der Waals surface area (Å²) in [5.41, 5.74) is 1.64. The van der Waals surface area contributed by atoms with Crippen molar-refractivity contribution in [3.05, 3.63) is 71.1 Å². The Bertz CT molecular complexity index is 1810. The first-order valence-electron chi connectivity index (χ1n) is 13.7. The maximum absolute atomic E-state index is 15.8. The molecule has 0 bridgehead atoms. The van der Waals surface area contributed by atoms with Crippen LogP contribution in [-0.2, 0) is 4.74 Å². The maximum Gasteiger partial charge on any atom is 0.410 e. The van der Waals surface area contributed by atoms with Gasteiger partial charge < -0.3 is 9.64 Å². The van der Waals surface area contributed by atoms with Gasteiger partial charge in [-0.2, -0.15) is 4.68 Å². The smallest absolute Gasteiger partial charge is 0.410 e. The highest BCUT2D eigenvalue weighted by molar-refractivity contribution is 7.17. The fourth-order valence-corrected chi connectivity index (χ4v) is 6.20. The molecule has 42 heavy (non-hydrogen) atoms. The number of likely N-dealkylation sites (tertiary alicyclic amines) is 1. The molecule has 216 valence electrons. The second-order valence-corrected chi connectivity index (χ2v) is 12.2. The third-order valence-corrected chi connectivity index (χ3v) is 8.21. The van der Waals surface area contributed by atoms with Crippen molar-refractivity contribution in [2.75, 3.05) is 18.0 Å². The van der Waals surface area contributed by atoms with Crippen LogP contribution in [0.2, 0.25) is 0 Å². The second kappa shape index (κ2) is 10.8. The molecule has 10 nitrogen and oxygen atoms in total. The van der Waals surface area contributed by atoms with Gasteiger partial charge in [0.2, 0.25) is 0 Å². The van der Waals surface area contributed by atoms with Gasteiger partial charge in [0.25, 0.3) is 5.91 Å². The zero-order valence-electron chi connectivity index (χ0n) is 23.7. The summed E-state index contributed by atoms with van der Waals surface area (Å²) in [7, 11) is 0. The summed E-state index contributed by atoms with van der Waals surface area (Å²) in [5, 5.41) is 11.0. The van der Waals surface area contributed by atoms with Crippen molar-refractivity contribution in [3.63, 3.8) is 0 Å². The molecule has 0 saturated carbocycles. The van der Waals surface area contributed by atoms with E-state index in [9.17, 15) is 9.59 Å². The molecule has 1 aromatic carbocycles. The molecule has 0 radical (unpaired) electrons. The summed E-state index contributed by atoms with van der Waals surface area (Å²) in [6.07, 6.45) is 4.09. The van der Waals surface area contributed by atoms with Crippen LogP contribution in [0.25, 0.3) is 26.9 Å². The predicted molar refractivity (Wildman–Crippen MR) is 159 cm³/mol. The van der Waals surface area contributed by atoms with E-state index in [2.05, 4.69) is 20.3 Å². The number of hydrogen-bond donors (Lipinski definition) is 0. The van der Waals surface area contributed by atoms with Gasteiger partial charge in [-0.1, -0.05) is 5.21 Å². The van der Waals surface area contributed by atoms with E-state index in [0.29, 0.717) is 42.1 Å². The van der Waals surface area contributed by atoms with Crippen LogP contribution < -0.4 is 4.90 Å². The lowest BCUT2D eigenvalue weighted by molar-refractivity contribution is 0.0196. The molecule has 1 fully saturated rings. The van der Waals surface area contributed by atoms with Crippen molar-refractivity contribution in [3.8, 4) is 5.69 Å². The molecule has 1 atom stereocenters. The van der Waals surface area contributed by atoms with E-state index in [1.165, 1.54) is 16.8 Å². The minimum absolute atomic E-state index is 0.114. The third-order valence-electron chi connectivity index (χ3n) is 7.15. The van der Waals surface area contributed by atoms with Gasteiger partial charge in [-0.25, -0.2) is 19.2 Å². The summed E-state index contributed by atoms with van der Waals surface area (Å²) in [5.74, 6) is -0.805. The van der Waals surface area contributed by atoms with Crippen LogP contribution in [0.1, 0.15) is 49.5 Å². The number of carbonyl (C=O) groups is 2. The van der Waals surface area contributed by atoms with Crippen molar-refractivity contribution in [2.45, 2.75) is 52.2 Å². The Morgan fingerprint density at radius 1 is 1.14 bits per heavy atom. The first kappa shape index (κ1) is 27.7. The Morgan fingerprint density at radius 3 is 2.76 bits per heavy atom. The number of nitrogens with zero attached hydrogens (tertiary/aromatic N) is 7. The summed E-state index contributed by atoms with van der Waals surface area (Å²) >= 11 is 1.56. The minimum atomic E-state index is -0.712. The molecule has 1 aliphatic heterocycles. The van der Waals surface area contributed by atoms with Gasteiger partial charge in [-0.3, -0.25) is 9.69 Å². The van der Waals surface area contributed by atoms with Crippen molar-refractivity contribution in [1.82, 2.24) is 29.9 Å². The van der Waals surface area contributed by atoms with E-state index in [0.717, 1.165) is 15.6 Å². The Kier molecular flexibility index (Phi) is 7.09. The molecular formula is C30H30FN7O3S. The number of thiophene rings is 1. The second-order valence-electron chi connectivity index (χ2n) is 11.3. The predicted octanol–water partition coefficient (Wildman–Crippen LogP) is 5.92. The average molecular weight is 588 g/mol. The van der Waals surface area contributed by atoms with Crippen molar-refractivity contribution in [1.29, 1.82) is 0 Å². The Labute approximate surface area is 245 Å². The minimum Gasteiger partial charge on any atom is -0.444 e. The van der Waals surface area contributed by atoms with Gasteiger partial charge in [0, 0.05) is 41.6 Å². The monoisotopic (exact) mass is 587 g/mol. The topological polar surface area (TPSA) is 106 Å². The fourth-order valence-electron chi connectivity index (χ4n) is 5.27. The lowest BCUT2D eigenvalue weighted by Gasteiger charge is -2.39. The van der Waals surface area contributed by atoms with Crippen LogP contribution in [0.15, 0.2) is 54.2 Å². The molecular weight excluding hydrogens is 557 g/mol. The zero-order chi connectivity index (χ0) is 29.6. The molecule has 4 aromatic heterocycles. The normalized spacial score (nSPS) is 15.7. The van der Waals surface area contributed by atoms with Crippen LogP contribution in [0.4, 0.5) is 15.0 Å². The molecule has 6 rings (SSSR count). The Hall–Kier alpha value is -4.45. The van der Waals surface area contributed by atoms with Crippen LogP contribution in [0.5, 0.6) is 0 Å². The number of aromatic nitrogens is 5. The molecule has 5 aromatic rings. The van der Waals surface area contributed by atoms with E-state index < -0.39 is 29.5 Å². The number of benzene rings is 1. The largest absolute Gasteiger partial charge is 0.444 e.